The van der Waals surface area contributed by atoms with Gasteiger partial charge in [-0.2, -0.15) is 0 Å². The maximum atomic E-state index is 12.1. The summed E-state index contributed by atoms with van der Waals surface area (Å²) in [6.07, 6.45) is 22.7. The van der Waals surface area contributed by atoms with Gasteiger partial charge in [0.25, 0.3) is 0 Å². The Labute approximate surface area is 267 Å². The van der Waals surface area contributed by atoms with Crippen molar-refractivity contribution in [3.63, 3.8) is 0 Å². The van der Waals surface area contributed by atoms with Crippen LogP contribution in [-0.4, -0.2) is 41.9 Å². The van der Waals surface area contributed by atoms with E-state index >= 15 is 0 Å². The molecule has 12 heteroatoms. The van der Waals surface area contributed by atoms with Gasteiger partial charge in [0, 0.05) is 20.8 Å². The fourth-order valence-electron chi connectivity index (χ4n) is 4.68. The summed E-state index contributed by atoms with van der Waals surface area (Å²) in [5.41, 5.74) is 0. The molecule has 6 nitrogen and oxygen atoms in total. The van der Waals surface area contributed by atoms with Crippen LogP contribution < -0.4 is 5.32 Å². The molecule has 234 valence electrons. The van der Waals surface area contributed by atoms with Crippen LogP contribution in [0.4, 0.5) is 0 Å². The first kappa shape index (κ1) is 36.7. The highest BCUT2D eigenvalue weighted by atomic mass is 33.2. The number of hydrogen-bond donors (Lipinski definition) is 3. The molecule has 0 aromatic heterocycles. The summed E-state index contributed by atoms with van der Waals surface area (Å²) in [5, 5.41) is 21.3. The maximum Gasteiger partial charge on any atom is 0.308 e. The summed E-state index contributed by atoms with van der Waals surface area (Å²) in [4.78, 5) is 34.3. The van der Waals surface area contributed by atoms with Crippen LogP contribution in [0.1, 0.15) is 136 Å². The molecule has 1 spiro atoms. The number of aliphatic carboxylic acids is 2. The third-order valence-electron chi connectivity index (χ3n) is 7.16. The average molecular weight is 674 g/mol. The van der Waals surface area contributed by atoms with E-state index in [4.69, 9.17) is 5.11 Å². The minimum absolute atomic E-state index is 0. The second kappa shape index (κ2) is 23.0. The zero-order valence-corrected chi connectivity index (χ0v) is 28.7. The van der Waals surface area contributed by atoms with Crippen LogP contribution in [0, 0.1) is 5.92 Å². The number of carboxylic acids is 2. The molecule has 40 heavy (non-hydrogen) atoms. The highest BCUT2D eigenvalue weighted by molar-refractivity contribution is 9.14. The lowest BCUT2D eigenvalue weighted by Crippen LogP contribution is -2.26. The predicted octanol–water partition coefficient (Wildman–Crippen LogP) is 10.4. The van der Waals surface area contributed by atoms with E-state index in [1.165, 1.54) is 77.0 Å². The Morgan fingerprint density at radius 2 is 1.07 bits per heavy atom. The second-order valence-electron chi connectivity index (χ2n) is 10.7. The third-order valence-corrected chi connectivity index (χ3v) is 21.0. The molecule has 1 atom stereocenters. The van der Waals surface area contributed by atoms with Crippen molar-refractivity contribution in [3.05, 3.63) is 0 Å². The Balaban J connectivity index is 0.00000840. The fourth-order valence-corrected chi connectivity index (χ4v) is 18.5. The molecule has 2 rings (SSSR count). The first-order valence-corrected chi connectivity index (χ1v) is 21.8. The molecule has 0 radical (unpaired) electrons. The van der Waals surface area contributed by atoms with E-state index in [9.17, 15) is 19.5 Å². The Kier molecular flexibility index (Phi) is 21.1. The summed E-state index contributed by atoms with van der Waals surface area (Å²) in [7, 11) is 10.8. The normalized spacial score (nSPS) is 17.1. The molecule has 2 aliphatic heterocycles. The SMILES string of the molecule is O=C(O)CCCCCCCCCCCCCCCCCCC(=O)NCCCC[C@@H](C(=O)O)C1SSC2(SS1)SS2.[HH]. The number of carboxylic acid groups (broad SMARTS) is 2. The minimum Gasteiger partial charge on any atom is -0.481 e. The zero-order valence-electron chi connectivity index (χ0n) is 23.8. The van der Waals surface area contributed by atoms with Gasteiger partial charge in [0.1, 0.15) is 0 Å². The van der Waals surface area contributed by atoms with Gasteiger partial charge < -0.3 is 15.5 Å². The van der Waals surface area contributed by atoms with Crippen LogP contribution in [0.5, 0.6) is 0 Å². The van der Waals surface area contributed by atoms with Crippen molar-refractivity contribution in [2.45, 2.75) is 142 Å². The van der Waals surface area contributed by atoms with Crippen LogP contribution in [0.3, 0.4) is 0 Å². The predicted molar refractivity (Wildman–Crippen MR) is 183 cm³/mol. The number of unbranched alkanes of at least 4 members (excludes halogenated alkanes) is 16. The van der Waals surface area contributed by atoms with Crippen LogP contribution in [0.2, 0.25) is 0 Å². The zero-order chi connectivity index (χ0) is 28.9. The number of rotatable bonds is 26. The molecule has 0 aliphatic carbocycles. The van der Waals surface area contributed by atoms with Crippen molar-refractivity contribution in [2.24, 2.45) is 5.92 Å². The van der Waals surface area contributed by atoms with Crippen molar-refractivity contribution < 1.29 is 26.0 Å². The molecule has 0 aromatic rings. The van der Waals surface area contributed by atoms with Crippen LogP contribution >= 0.6 is 64.8 Å². The largest absolute Gasteiger partial charge is 0.481 e. The lowest BCUT2D eigenvalue weighted by atomic mass is 10.0. The van der Waals surface area contributed by atoms with E-state index in [-0.39, 0.29) is 20.6 Å². The Morgan fingerprint density at radius 1 is 0.625 bits per heavy atom. The second-order valence-corrected chi connectivity index (χ2v) is 20.3. The lowest BCUT2D eigenvalue weighted by molar-refractivity contribution is -0.141. The fraction of sp³-hybridized carbons (Fsp3) is 0.893. The standard InChI is InChI=1S/C28H49NO5S6.H2/c30-24(29-22-18-17-19-23(26(33)34)27-35-37-28(38-36-27)39-40-28)20-15-13-11-9-7-5-3-1-2-4-6-8-10-12-14-16-21-25(31)32;/h23,27H,1-22H2,(H,29,30)(H,31,32)(H,33,34);1H/t23-;/m0./s1. The maximum absolute atomic E-state index is 12.1. The lowest BCUT2D eigenvalue weighted by Gasteiger charge is -2.27. The van der Waals surface area contributed by atoms with Crippen LogP contribution in [0.15, 0.2) is 0 Å². The average Bonchev–Trinajstić information content (AvgIpc) is 3.69. The summed E-state index contributed by atoms with van der Waals surface area (Å²) < 4.78 is 0.291. The van der Waals surface area contributed by atoms with Gasteiger partial charge in [-0.3, -0.25) is 14.4 Å². The van der Waals surface area contributed by atoms with E-state index in [2.05, 4.69) is 5.32 Å². The number of amides is 1. The summed E-state index contributed by atoms with van der Waals surface area (Å²) in [6, 6.07) is 0. The third kappa shape index (κ3) is 18.2. The first-order valence-electron chi connectivity index (χ1n) is 15.2. The molecule has 2 saturated heterocycles. The van der Waals surface area contributed by atoms with Crippen LogP contribution in [0.25, 0.3) is 0 Å². The van der Waals surface area contributed by atoms with Gasteiger partial charge in [-0.15, -0.1) is 0 Å². The Hall–Kier alpha value is 0.510. The van der Waals surface area contributed by atoms with Crippen molar-refractivity contribution in [3.8, 4) is 0 Å². The van der Waals surface area contributed by atoms with Gasteiger partial charge >= 0.3 is 11.9 Å². The quantitative estimate of drug-likeness (QED) is 0.0464. The monoisotopic (exact) mass is 673 g/mol. The molecule has 0 unspecified atom stereocenters. The van der Waals surface area contributed by atoms with Crippen molar-refractivity contribution in [2.75, 3.05) is 6.54 Å². The number of hydrogen-bond acceptors (Lipinski definition) is 9. The summed E-state index contributed by atoms with van der Waals surface area (Å²) >= 11 is 0. The molecule has 2 aliphatic rings. The van der Waals surface area contributed by atoms with Gasteiger partial charge in [0.05, 0.1) is 10.5 Å². The van der Waals surface area contributed by atoms with Gasteiger partial charge in [0.2, 0.25) is 5.91 Å². The van der Waals surface area contributed by atoms with E-state index in [1.54, 1.807) is 21.6 Å². The molecule has 2 heterocycles. The number of carbonyl (C=O) groups is 3. The highest BCUT2D eigenvalue weighted by Gasteiger charge is 2.53. The molecule has 0 saturated carbocycles. The van der Waals surface area contributed by atoms with E-state index in [0.29, 0.717) is 25.8 Å². The topological polar surface area (TPSA) is 104 Å². The van der Waals surface area contributed by atoms with Gasteiger partial charge in [-0.05, 0) is 47.3 Å². The Bertz CT molecular complexity index is 724. The Morgan fingerprint density at radius 3 is 1.50 bits per heavy atom. The number of carbonyl (C=O) groups excluding carboxylic acids is 1. The molecular weight excluding hydrogens is 623 g/mol. The minimum atomic E-state index is -0.701. The van der Waals surface area contributed by atoms with E-state index in [1.807, 2.05) is 43.2 Å². The van der Waals surface area contributed by atoms with Gasteiger partial charge in [0.15, 0.2) is 2.74 Å². The molecule has 0 bridgehead atoms. The van der Waals surface area contributed by atoms with E-state index in [0.717, 1.165) is 38.5 Å². The smallest absolute Gasteiger partial charge is 0.308 e. The van der Waals surface area contributed by atoms with Gasteiger partial charge in [-0.25, -0.2) is 0 Å². The first-order chi connectivity index (χ1) is 19.4. The van der Waals surface area contributed by atoms with Crippen LogP contribution in [-0.2, 0) is 14.4 Å². The highest BCUT2D eigenvalue weighted by Crippen LogP contribution is 2.84. The molecule has 3 N–H and O–H groups in total. The molecule has 2 fully saturated rings. The van der Waals surface area contributed by atoms with Crippen molar-refractivity contribution >= 4 is 82.6 Å². The summed E-state index contributed by atoms with van der Waals surface area (Å²) in [6.45, 7) is 0.643. The van der Waals surface area contributed by atoms with Crippen molar-refractivity contribution in [1.82, 2.24) is 5.32 Å². The molecule has 0 aromatic carbocycles. The molecule has 1 amide bonds. The van der Waals surface area contributed by atoms with E-state index < -0.39 is 11.9 Å². The summed E-state index contributed by atoms with van der Waals surface area (Å²) in [5.74, 6) is -1.58. The van der Waals surface area contributed by atoms with Crippen molar-refractivity contribution in [1.29, 1.82) is 0 Å². The van der Waals surface area contributed by atoms with Gasteiger partial charge in [-0.1, -0.05) is 139 Å². The number of nitrogens with one attached hydrogen (secondary N) is 1. The molecular formula is C28H51NO5S6.